The summed E-state index contributed by atoms with van der Waals surface area (Å²) in [6.07, 6.45) is -0.821. The molecule has 2 aliphatic heterocycles. The highest BCUT2D eigenvalue weighted by Gasteiger charge is 2.80. The highest BCUT2D eigenvalue weighted by atomic mass is 19.4. The summed E-state index contributed by atoms with van der Waals surface area (Å²) in [6.45, 7) is 1.26. The predicted octanol–water partition coefficient (Wildman–Crippen LogP) is 5.51. The van der Waals surface area contributed by atoms with Crippen molar-refractivity contribution in [3.8, 4) is 17.2 Å². The third-order valence-corrected chi connectivity index (χ3v) is 10.8. The molecule has 3 aromatic rings. The number of carbonyl (C=O) groups excluding carboxylic acids is 1. The molecular formula is C35H34F3N3O6. The number of ether oxygens (including phenoxy) is 2. The highest BCUT2D eigenvalue weighted by molar-refractivity contribution is 5.92. The number of aromatic hydroxyl groups is 1. The van der Waals surface area contributed by atoms with Crippen LogP contribution in [0.1, 0.15) is 41.5 Å². The van der Waals surface area contributed by atoms with E-state index < -0.39 is 47.2 Å². The number of hydrogen-bond acceptors (Lipinski definition) is 7. The van der Waals surface area contributed by atoms with Crippen molar-refractivity contribution in [2.75, 3.05) is 20.1 Å². The van der Waals surface area contributed by atoms with E-state index in [-0.39, 0.29) is 22.8 Å². The molecule has 47 heavy (non-hydrogen) atoms. The van der Waals surface area contributed by atoms with Gasteiger partial charge in [0.15, 0.2) is 11.5 Å². The first-order valence-electron chi connectivity index (χ1n) is 15.7. The largest absolute Gasteiger partial charge is 0.573 e. The molecule has 1 amide bonds. The first kappa shape index (κ1) is 31.0. The minimum Gasteiger partial charge on any atom is -0.504 e. The molecule has 3 aromatic carbocycles. The van der Waals surface area contributed by atoms with Crippen molar-refractivity contribution < 1.29 is 37.5 Å². The number of phenols is 1. The maximum Gasteiger partial charge on any atom is 0.573 e. The predicted molar refractivity (Wildman–Crippen MR) is 166 cm³/mol. The van der Waals surface area contributed by atoms with Crippen molar-refractivity contribution in [2.24, 2.45) is 0 Å². The van der Waals surface area contributed by atoms with Crippen LogP contribution in [-0.2, 0) is 23.1 Å². The number of nitrogens with zero attached hydrogens (tertiary/aromatic N) is 3. The van der Waals surface area contributed by atoms with Crippen molar-refractivity contribution >= 4 is 12.0 Å². The van der Waals surface area contributed by atoms with Gasteiger partial charge in [-0.3, -0.25) is 19.8 Å². The van der Waals surface area contributed by atoms with Crippen molar-refractivity contribution in [3.63, 3.8) is 0 Å². The van der Waals surface area contributed by atoms with Crippen molar-refractivity contribution in [1.29, 1.82) is 0 Å². The molecular weight excluding hydrogens is 615 g/mol. The minimum atomic E-state index is -4.85. The van der Waals surface area contributed by atoms with Crippen LogP contribution in [0.25, 0.3) is 6.08 Å². The van der Waals surface area contributed by atoms with Gasteiger partial charge in [0, 0.05) is 36.6 Å². The zero-order valence-electron chi connectivity index (χ0n) is 25.7. The summed E-state index contributed by atoms with van der Waals surface area (Å²) in [5, 5.41) is 24.4. The lowest BCUT2D eigenvalue weighted by atomic mass is 9.46. The number of nitro groups is 1. The van der Waals surface area contributed by atoms with E-state index in [4.69, 9.17) is 4.74 Å². The van der Waals surface area contributed by atoms with E-state index in [2.05, 4.69) is 21.8 Å². The molecule has 1 saturated carbocycles. The minimum absolute atomic E-state index is 0.0803. The van der Waals surface area contributed by atoms with Crippen molar-refractivity contribution in [3.05, 3.63) is 105 Å². The fourth-order valence-electron chi connectivity index (χ4n) is 8.83. The lowest BCUT2D eigenvalue weighted by molar-refractivity contribution is -0.606. The molecule has 12 heteroatoms. The Labute approximate surface area is 269 Å². The van der Waals surface area contributed by atoms with Gasteiger partial charge in [-0.05, 0) is 73.2 Å². The van der Waals surface area contributed by atoms with Crippen LogP contribution in [-0.4, -0.2) is 76.0 Å². The number of halogens is 3. The monoisotopic (exact) mass is 649 g/mol. The number of hydrogen-bond donors (Lipinski definition) is 1. The van der Waals surface area contributed by atoms with Gasteiger partial charge in [0.2, 0.25) is 5.91 Å². The summed E-state index contributed by atoms with van der Waals surface area (Å²) in [7, 11) is 1.61. The van der Waals surface area contributed by atoms with Gasteiger partial charge in [-0.15, -0.1) is 13.2 Å². The number of alkyl halides is 3. The Morgan fingerprint density at radius 3 is 2.70 bits per heavy atom. The molecule has 2 aliphatic carbocycles. The third-order valence-electron chi connectivity index (χ3n) is 10.8. The second kappa shape index (κ2) is 11.3. The van der Waals surface area contributed by atoms with Crippen LogP contribution in [0.3, 0.4) is 0 Å². The molecule has 1 spiro atoms. The zero-order valence-corrected chi connectivity index (χ0v) is 25.7. The number of likely N-dealkylation sites (tertiary alicyclic amines) is 1. The first-order chi connectivity index (χ1) is 22.4. The SMILES string of the molecule is CN(C(=O)/C=C/c1cccc(OC(F)(F)F)c1)C1CC[C@@]2([N+](=O)[O-])[C@H]3Cc4ccc(O)c5c4[C@@]2(CCN3CCc2ccccc2)C1O5. The Bertz CT molecular complexity index is 1750. The zero-order chi connectivity index (χ0) is 33.1. The maximum absolute atomic E-state index is 13.6. The maximum atomic E-state index is 13.6. The summed E-state index contributed by atoms with van der Waals surface area (Å²) in [4.78, 5) is 30.7. The van der Waals surface area contributed by atoms with Gasteiger partial charge in [-0.25, -0.2) is 0 Å². The molecule has 7 rings (SSSR count). The van der Waals surface area contributed by atoms with E-state index in [9.17, 15) is 33.2 Å². The number of phenolic OH excluding ortho intramolecular Hbond substituents is 1. The molecule has 1 N–H and O–H groups in total. The summed E-state index contributed by atoms with van der Waals surface area (Å²) >= 11 is 0. The molecule has 246 valence electrons. The number of likely N-dealkylation sites (N-methyl/N-ethyl adjacent to an activating group) is 1. The summed E-state index contributed by atoms with van der Waals surface area (Å²) in [5.41, 5.74) is 0.637. The van der Waals surface area contributed by atoms with Gasteiger partial charge in [0.25, 0.3) is 5.54 Å². The lowest BCUT2D eigenvalue weighted by Gasteiger charge is -2.61. The number of carbonyl (C=O) groups is 1. The van der Waals surface area contributed by atoms with Crippen LogP contribution in [0.15, 0.2) is 72.8 Å². The Balaban J connectivity index is 1.21. The molecule has 2 heterocycles. The molecule has 9 nitrogen and oxygen atoms in total. The lowest BCUT2D eigenvalue weighted by Crippen LogP contribution is -2.80. The second-order valence-electron chi connectivity index (χ2n) is 12.9. The number of piperidine rings is 1. The molecule has 0 radical (unpaired) electrons. The third kappa shape index (κ3) is 4.92. The van der Waals surface area contributed by atoms with Gasteiger partial charge < -0.3 is 19.5 Å². The molecule has 2 unspecified atom stereocenters. The van der Waals surface area contributed by atoms with Gasteiger partial charge in [-0.2, -0.15) is 0 Å². The van der Waals surface area contributed by atoms with Crippen LogP contribution in [0, 0.1) is 10.1 Å². The summed E-state index contributed by atoms with van der Waals surface area (Å²) < 4.78 is 48.7. The highest BCUT2D eigenvalue weighted by Crippen LogP contribution is 2.66. The van der Waals surface area contributed by atoms with E-state index in [0.717, 1.165) is 17.5 Å². The first-order valence-corrected chi connectivity index (χ1v) is 15.7. The van der Waals surface area contributed by atoms with E-state index in [1.807, 2.05) is 24.3 Å². The number of amides is 1. The molecule has 1 saturated heterocycles. The van der Waals surface area contributed by atoms with Gasteiger partial charge >= 0.3 is 6.36 Å². The van der Waals surface area contributed by atoms with Crippen LogP contribution >= 0.6 is 0 Å². The normalized spacial score (nSPS) is 27.6. The van der Waals surface area contributed by atoms with Crippen LogP contribution in [0.5, 0.6) is 17.2 Å². The quantitative estimate of drug-likeness (QED) is 0.195. The van der Waals surface area contributed by atoms with E-state index >= 15 is 0 Å². The van der Waals surface area contributed by atoms with Crippen LogP contribution in [0.2, 0.25) is 0 Å². The Morgan fingerprint density at radius 1 is 1.17 bits per heavy atom. The van der Waals surface area contributed by atoms with E-state index in [0.29, 0.717) is 43.5 Å². The van der Waals surface area contributed by atoms with E-state index in [1.165, 1.54) is 35.3 Å². The fourth-order valence-corrected chi connectivity index (χ4v) is 8.83. The van der Waals surface area contributed by atoms with Gasteiger partial charge in [0.1, 0.15) is 17.3 Å². The second-order valence-corrected chi connectivity index (χ2v) is 12.9. The number of benzene rings is 3. The average molecular weight is 650 g/mol. The van der Waals surface area contributed by atoms with Crippen LogP contribution in [0.4, 0.5) is 13.2 Å². The van der Waals surface area contributed by atoms with Gasteiger partial charge in [-0.1, -0.05) is 48.5 Å². The molecule has 2 fully saturated rings. The van der Waals surface area contributed by atoms with Gasteiger partial charge in [0.05, 0.1) is 12.1 Å². The smallest absolute Gasteiger partial charge is 0.504 e. The topological polar surface area (TPSA) is 105 Å². The standard InChI is InChI=1S/C35H34F3N3O6/c1-39(29(43)13-10-23-8-5-9-25(20-23)47-35(36,37)38)26-14-16-34(41(44)45)28-21-24-11-12-27(42)31-30(24)33(34,32(26)46-31)17-19-40(28)18-15-22-6-3-2-4-7-22/h2-13,20,26,28,32,42H,14-19,21H2,1H3/b13-10+/t26?,28-,32?,33+,34-/m1/s1. The summed E-state index contributed by atoms with van der Waals surface area (Å²) in [5.74, 6) is -0.653. The summed E-state index contributed by atoms with van der Waals surface area (Å²) in [6, 6.07) is 17.8. The molecule has 5 atom stereocenters. The average Bonchev–Trinajstić information content (AvgIpc) is 3.39. The Kier molecular flexibility index (Phi) is 7.46. The van der Waals surface area contributed by atoms with E-state index in [1.54, 1.807) is 19.2 Å². The van der Waals surface area contributed by atoms with Crippen molar-refractivity contribution in [2.45, 2.75) is 67.6 Å². The molecule has 2 bridgehead atoms. The van der Waals surface area contributed by atoms with Crippen molar-refractivity contribution in [1.82, 2.24) is 9.80 Å². The molecule has 0 aromatic heterocycles. The Morgan fingerprint density at radius 2 is 1.96 bits per heavy atom. The number of rotatable bonds is 8. The fraction of sp³-hybridized carbons (Fsp3) is 0.400. The van der Waals surface area contributed by atoms with Crippen LogP contribution < -0.4 is 9.47 Å². The molecule has 4 aliphatic rings. The Hall–Kier alpha value is -4.58.